The fourth-order valence-corrected chi connectivity index (χ4v) is 3.41. The molecule has 1 aliphatic heterocycles. The normalized spacial score (nSPS) is 15.0. The summed E-state index contributed by atoms with van der Waals surface area (Å²) in [5.41, 5.74) is 3.14. The van der Waals surface area contributed by atoms with E-state index in [1.54, 1.807) is 11.6 Å². The number of nitrogens with zero attached hydrogens (tertiary/aromatic N) is 4. The highest BCUT2D eigenvalue weighted by Crippen LogP contribution is 2.17. The highest BCUT2D eigenvalue weighted by atomic mass is 16.5. The van der Waals surface area contributed by atoms with Crippen LogP contribution in [0.5, 0.6) is 0 Å². The van der Waals surface area contributed by atoms with Gasteiger partial charge in [-0.2, -0.15) is 5.10 Å². The number of aryl methyl sites for hydroxylation is 2. The molecule has 28 heavy (non-hydrogen) atoms. The number of hydrogen-bond acceptors (Lipinski definition) is 6. The maximum atomic E-state index is 12.2. The van der Waals surface area contributed by atoms with Gasteiger partial charge in [-0.05, 0) is 32.8 Å². The number of H-pyrrole nitrogens is 1. The summed E-state index contributed by atoms with van der Waals surface area (Å²) in [6, 6.07) is 1.44. The lowest BCUT2D eigenvalue weighted by atomic mass is 10.1. The first-order valence-electron chi connectivity index (χ1n) is 9.64. The predicted octanol–water partition coefficient (Wildman–Crippen LogP) is 0.262. The minimum atomic E-state index is -0.212. The lowest BCUT2D eigenvalue weighted by Gasteiger charge is -2.26. The summed E-state index contributed by atoms with van der Waals surface area (Å²) in [5.74, 6) is 0.425. The van der Waals surface area contributed by atoms with Gasteiger partial charge < -0.3 is 10.1 Å². The molecular weight excluding hydrogens is 360 g/mol. The summed E-state index contributed by atoms with van der Waals surface area (Å²) in [7, 11) is 0. The van der Waals surface area contributed by atoms with Crippen molar-refractivity contribution in [2.75, 3.05) is 39.4 Å². The van der Waals surface area contributed by atoms with E-state index in [4.69, 9.17) is 4.74 Å². The first-order valence-corrected chi connectivity index (χ1v) is 9.64. The van der Waals surface area contributed by atoms with E-state index in [0.717, 1.165) is 49.8 Å². The second-order valence-electron chi connectivity index (χ2n) is 7.08. The van der Waals surface area contributed by atoms with E-state index < -0.39 is 0 Å². The lowest BCUT2D eigenvalue weighted by Crippen LogP contribution is -2.41. The summed E-state index contributed by atoms with van der Waals surface area (Å²) >= 11 is 0. The van der Waals surface area contributed by atoms with Gasteiger partial charge in [0, 0.05) is 50.1 Å². The van der Waals surface area contributed by atoms with Crippen LogP contribution < -0.4 is 10.9 Å². The third kappa shape index (κ3) is 5.05. The molecule has 9 heteroatoms. The molecule has 152 valence electrons. The predicted molar refractivity (Wildman–Crippen MR) is 105 cm³/mol. The van der Waals surface area contributed by atoms with Crippen LogP contribution in [-0.4, -0.2) is 69.9 Å². The smallest absolute Gasteiger partial charge is 0.252 e. The van der Waals surface area contributed by atoms with Crippen LogP contribution in [0.25, 0.3) is 5.95 Å². The molecule has 3 heterocycles. The molecular formula is C19H28N6O3. The summed E-state index contributed by atoms with van der Waals surface area (Å²) in [6.07, 6.45) is 0.991. The number of amides is 1. The molecule has 9 nitrogen and oxygen atoms in total. The highest BCUT2D eigenvalue weighted by molar-refractivity contribution is 5.76. The van der Waals surface area contributed by atoms with E-state index in [-0.39, 0.29) is 11.5 Å². The number of hydrogen-bond donors (Lipinski definition) is 2. The Labute approximate surface area is 164 Å². The second-order valence-corrected chi connectivity index (χ2v) is 7.08. The standard InChI is InChI=1S/C19H28N6O3/c1-13-12-18(27)22-19(21-13)25-15(3)16(14(2)23-25)4-5-17(26)20-6-7-24-8-10-28-11-9-24/h12H,4-11H2,1-3H3,(H,20,26)(H,21,22,27). The van der Waals surface area contributed by atoms with E-state index in [0.29, 0.717) is 31.0 Å². The van der Waals surface area contributed by atoms with Gasteiger partial charge >= 0.3 is 0 Å². The number of carbonyl (C=O) groups excluding carboxylic acids is 1. The molecule has 0 aromatic carbocycles. The number of ether oxygens (including phenoxy) is 1. The number of nitrogens with one attached hydrogen (secondary N) is 2. The lowest BCUT2D eigenvalue weighted by molar-refractivity contribution is -0.121. The number of carbonyl (C=O) groups is 1. The van der Waals surface area contributed by atoms with Crippen molar-refractivity contribution in [2.24, 2.45) is 0 Å². The highest BCUT2D eigenvalue weighted by Gasteiger charge is 2.16. The third-order valence-corrected chi connectivity index (χ3v) is 4.96. The van der Waals surface area contributed by atoms with Crippen molar-refractivity contribution in [3.05, 3.63) is 39.1 Å². The Kier molecular flexibility index (Phi) is 6.58. The Morgan fingerprint density at radius 1 is 1.29 bits per heavy atom. The number of aromatic amines is 1. The van der Waals surface area contributed by atoms with Gasteiger partial charge in [0.1, 0.15) is 0 Å². The molecule has 0 unspecified atom stereocenters. The first-order chi connectivity index (χ1) is 13.4. The van der Waals surface area contributed by atoms with Crippen LogP contribution in [0.15, 0.2) is 10.9 Å². The van der Waals surface area contributed by atoms with Crippen LogP contribution in [0, 0.1) is 20.8 Å². The van der Waals surface area contributed by atoms with Crippen LogP contribution in [0.2, 0.25) is 0 Å². The zero-order valence-corrected chi connectivity index (χ0v) is 16.7. The zero-order chi connectivity index (χ0) is 20.1. The third-order valence-electron chi connectivity index (χ3n) is 4.96. The van der Waals surface area contributed by atoms with Gasteiger partial charge in [-0.25, -0.2) is 9.67 Å². The van der Waals surface area contributed by atoms with E-state index in [1.807, 2.05) is 13.8 Å². The van der Waals surface area contributed by atoms with Crippen molar-refractivity contribution >= 4 is 5.91 Å². The van der Waals surface area contributed by atoms with Gasteiger partial charge in [0.05, 0.1) is 18.9 Å². The average Bonchev–Trinajstić information content (AvgIpc) is 2.94. The summed E-state index contributed by atoms with van der Waals surface area (Å²) < 4.78 is 6.96. The number of rotatable bonds is 7. The molecule has 0 radical (unpaired) electrons. The Morgan fingerprint density at radius 3 is 2.75 bits per heavy atom. The second kappa shape index (κ2) is 9.11. The molecule has 2 N–H and O–H groups in total. The molecule has 2 aromatic heterocycles. The van der Waals surface area contributed by atoms with E-state index in [9.17, 15) is 9.59 Å². The monoisotopic (exact) mass is 388 g/mol. The molecule has 0 saturated carbocycles. The largest absolute Gasteiger partial charge is 0.379 e. The molecule has 1 aliphatic rings. The molecule has 0 aliphatic carbocycles. The maximum absolute atomic E-state index is 12.2. The molecule has 1 saturated heterocycles. The number of aromatic nitrogens is 4. The quantitative estimate of drug-likeness (QED) is 0.705. The van der Waals surface area contributed by atoms with E-state index >= 15 is 0 Å². The van der Waals surface area contributed by atoms with Gasteiger partial charge in [0.25, 0.3) is 5.56 Å². The van der Waals surface area contributed by atoms with Crippen molar-refractivity contribution < 1.29 is 9.53 Å². The molecule has 1 fully saturated rings. The van der Waals surface area contributed by atoms with Gasteiger partial charge in [-0.3, -0.25) is 19.5 Å². The van der Waals surface area contributed by atoms with Crippen LogP contribution in [0.1, 0.15) is 29.1 Å². The van der Waals surface area contributed by atoms with Crippen LogP contribution in [0.4, 0.5) is 0 Å². The summed E-state index contributed by atoms with van der Waals surface area (Å²) in [5, 5.41) is 7.48. The van der Waals surface area contributed by atoms with E-state index in [1.165, 1.54) is 6.07 Å². The Bertz CT molecular complexity index is 882. The molecule has 0 atom stereocenters. The fraction of sp³-hybridized carbons (Fsp3) is 0.579. The minimum Gasteiger partial charge on any atom is -0.379 e. The minimum absolute atomic E-state index is 0.0295. The number of morpholine rings is 1. The Hall–Kier alpha value is -2.52. The van der Waals surface area contributed by atoms with Gasteiger partial charge in [-0.15, -0.1) is 0 Å². The van der Waals surface area contributed by atoms with Crippen molar-refractivity contribution in [2.45, 2.75) is 33.6 Å². The zero-order valence-electron chi connectivity index (χ0n) is 16.7. The van der Waals surface area contributed by atoms with Crippen molar-refractivity contribution in [1.29, 1.82) is 0 Å². The SMILES string of the molecule is Cc1cc(=O)[nH]c(-n2nc(C)c(CCC(=O)NCCN3CCOCC3)c2C)n1. The fourth-order valence-electron chi connectivity index (χ4n) is 3.41. The maximum Gasteiger partial charge on any atom is 0.252 e. The van der Waals surface area contributed by atoms with Crippen LogP contribution in [-0.2, 0) is 16.0 Å². The van der Waals surface area contributed by atoms with Crippen LogP contribution >= 0.6 is 0 Å². The summed E-state index contributed by atoms with van der Waals surface area (Å²) in [6.45, 7) is 10.5. The Morgan fingerprint density at radius 2 is 2.04 bits per heavy atom. The van der Waals surface area contributed by atoms with Gasteiger partial charge in [-0.1, -0.05) is 0 Å². The van der Waals surface area contributed by atoms with Crippen LogP contribution in [0.3, 0.4) is 0 Å². The van der Waals surface area contributed by atoms with Crippen molar-refractivity contribution in [1.82, 2.24) is 30.0 Å². The summed E-state index contributed by atoms with van der Waals surface area (Å²) in [4.78, 5) is 33.3. The topological polar surface area (TPSA) is 105 Å². The van der Waals surface area contributed by atoms with Gasteiger partial charge in [0.15, 0.2) is 0 Å². The van der Waals surface area contributed by atoms with Gasteiger partial charge in [0.2, 0.25) is 11.9 Å². The average molecular weight is 388 g/mol. The molecule has 2 aromatic rings. The van der Waals surface area contributed by atoms with Crippen molar-refractivity contribution in [3.8, 4) is 5.95 Å². The molecule has 0 bridgehead atoms. The molecule has 0 spiro atoms. The molecule has 3 rings (SSSR count). The van der Waals surface area contributed by atoms with Crippen molar-refractivity contribution in [3.63, 3.8) is 0 Å². The molecule has 1 amide bonds. The van der Waals surface area contributed by atoms with E-state index in [2.05, 4.69) is 25.3 Å². The first kappa shape index (κ1) is 20.2. The Balaban J connectivity index is 1.56.